The number of carboxylic acids is 2. The molecule has 0 saturated carbocycles. The van der Waals surface area contributed by atoms with Crippen molar-refractivity contribution in [3.8, 4) is 0 Å². The van der Waals surface area contributed by atoms with E-state index >= 15 is 0 Å². The van der Waals surface area contributed by atoms with Crippen molar-refractivity contribution < 1.29 is 49.1 Å². The molecule has 0 saturated heterocycles. The van der Waals surface area contributed by atoms with Crippen LogP contribution >= 0.6 is 0 Å². The van der Waals surface area contributed by atoms with Crippen LogP contribution in [0.4, 0.5) is 5.69 Å². The zero-order valence-electron chi connectivity index (χ0n) is 20.3. The summed E-state index contributed by atoms with van der Waals surface area (Å²) in [5, 5.41) is 18.2. The second-order valence-corrected chi connectivity index (χ2v) is 7.50. The summed E-state index contributed by atoms with van der Waals surface area (Å²) in [5.41, 5.74) is 7.44. The average Bonchev–Trinajstić information content (AvgIpc) is 2.81. The number of benzene rings is 1. The van der Waals surface area contributed by atoms with Crippen LogP contribution in [0.3, 0.4) is 0 Å². The van der Waals surface area contributed by atoms with Crippen LogP contribution in [0, 0.1) is 0 Å². The highest BCUT2D eigenvalue weighted by molar-refractivity contribution is 5.72. The number of nitrogens with zero attached hydrogens (tertiary/aromatic N) is 3. The number of anilines is 1. The van der Waals surface area contributed by atoms with Gasteiger partial charge < -0.3 is 15.9 Å². The summed E-state index contributed by atoms with van der Waals surface area (Å²) >= 11 is 0. The third-order valence-corrected chi connectivity index (χ3v) is 4.91. The van der Waals surface area contributed by atoms with Gasteiger partial charge in [0.15, 0.2) is 0 Å². The highest BCUT2D eigenvalue weighted by Crippen LogP contribution is 2.14. The Hall–Kier alpha value is -2.40. The van der Waals surface area contributed by atoms with Crippen LogP contribution in [0.5, 0.6) is 0 Å². The third-order valence-electron chi connectivity index (χ3n) is 4.91. The fraction of sp³-hybridized carbons (Fsp3) is 0.619. The molecule has 0 aliphatic heterocycles. The maximum atomic E-state index is 11.1. The van der Waals surface area contributed by atoms with E-state index in [9.17, 15) is 9.59 Å². The Balaban J connectivity index is 3.06. The number of hydrogen-bond acceptors (Lipinski definition) is 12. The third kappa shape index (κ3) is 13.9. The van der Waals surface area contributed by atoms with E-state index in [1.165, 1.54) is 26.2 Å². The van der Waals surface area contributed by atoms with E-state index in [-0.39, 0.29) is 32.8 Å². The van der Waals surface area contributed by atoms with Crippen LogP contribution < -0.4 is 5.73 Å². The van der Waals surface area contributed by atoms with Crippen molar-refractivity contribution in [2.24, 2.45) is 0 Å². The van der Waals surface area contributed by atoms with Gasteiger partial charge in [0.2, 0.25) is 0 Å². The number of rotatable bonds is 21. The Morgan fingerprint density at radius 1 is 0.829 bits per heavy atom. The van der Waals surface area contributed by atoms with Crippen molar-refractivity contribution in [3.63, 3.8) is 0 Å². The zero-order valence-corrected chi connectivity index (χ0v) is 20.3. The molecule has 0 aromatic heterocycles. The summed E-state index contributed by atoms with van der Waals surface area (Å²) < 4.78 is 0. The Labute approximate surface area is 204 Å². The monoisotopic (exact) mass is 504 g/mol. The molecule has 1 aromatic rings. The van der Waals surface area contributed by atoms with Gasteiger partial charge in [-0.1, -0.05) is 12.1 Å². The van der Waals surface area contributed by atoms with E-state index in [1.807, 2.05) is 21.9 Å². The Kier molecular flexibility index (Phi) is 15.7. The maximum Gasteiger partial charge on any atom is 0.317 e. The van der Waals surface area contributed by atoms with Gasteiger partial charge in [-0.3, -0.25) is 19.4 Å². The van der Waals surface area contributed by atoms with E-state index < -0.39 is 25.0 Å². The largest absolute Gasteiger partial charge is 0.480 e. The second-order valence-electron chi connectivity index (χ2n) is 7.50. The number of nitrogen functional groups attached to an aromatic ring is 1. The highest BCUT2D eigenvalue weighted by Gasteiger charge is 2.24. The summed E-state index contributed by atoms with van der Waals surface area (Å²) in [5.74, 6) is -2.24. The predicted octanol–water partition coefficient (Wildman–Crippen LogP) is -0.138. The summed E-state index contributed by atoms with van der Waals surface area (Å²) in [4.78, 5) is 57.0. The summed E-state index contributed by atoms with van der Waals surface area (Å²) in [7, 11) is 4.15. The van der Waals surface area contributed by atoms with Crippen LogP contribution in [-0.2, 0) is 45.3 Å². The second kappa shape index (κ2) is 18.0. The predicted molar refractivity (Wildman–Crippen MR) is 122 cm³/mol. The van der Waals surface area contributed by atoms with Crippen molar-refractivity contribution in [3.05, 3.63) is 29.8 Å². The quantitative estimate of drug-likeness (QED) is 0.0876. The van der Waals surface area contributed by atoms with Crippen molar-refractivity contribution in [2.75, 3.05) is 80.0 Å². The van der Waals surface area contributed by atoms with Gasteiger partial charge in [0, 0.05) is 31.4 Å². The van der Waals surface area contributed by atoms with Gasteiger partial charge in [-0.15, -0.1) is 0 Å². The van der Waals surface area contributed by atoms with E-state index in [0.717, 1.165) is 5.56 Å². The van der Waals surface area contributed by atoms with Gasteiger partial charge >= 0.3 is 11.9 Å². The highest BCUT2D eigenvalue weighted by atomic mass is 17.2. The maximum absolute atomic E-state index is 11.1. The first-order chi connectivity index (χ1) is 16.8. The first-order valence-corrected chi connectivity index (χ1v) is 10.7. The van der Waals surface area contributed by atoms with Gasteiger partial charge in [-0.25, -0.2) is 34.2 Å². The SMILES string of the molecule is COOCN(CCN(CC(=O)O)CC(=O)O)CC(Cc1ccc(N)cc1)N(COOC)COOC. The number of nitrogens with two attached hydrogens (primary N) is 1. The number of carbonyl (C=O) groups is 2. The lowest BCUT2D eigenvalue weighted by atomic mass is 10.0. The van der Waals surface area contributed by atoms with Crippen LogP contribution in [0.2, 0.25) is 0 Å². The zero-order chi connectivity index (χ0) is 26.1. The molecule has 0 fully saturated rings. The molecule has 35 heavy (non-hydrogen) atoms. The molecule has 14 nitrogen and oxygen atoms in total. The summed E-state index contributed by atoms with van der Waals surface area (Å²) in [6.07, 6.45) is 0.553. The molecule has 1 atom stereocenters. The standard InChI is InChI=1S/C21H36N4O10/c1-30-33-14-24(9-8-23(12-20(26)27)13-21(28)29)11-19(10-17-4-6-18(22)7-5-17)25(15-34-31-2)16-35-32-3/h4-7,19H,8-16,22H2,1-3H3,(H,26,27)(H,28,29). The average molecular weight is 505 g/mol. The van der Waals surface area contributed by atoms with Gasteiger partial charge in [0.1, 0.15) is 20.2 Å². The van der Waals surface area contributed by atoms with Crippen molar-refractivity contribution in [1.29, 1.82) is 0 Å². The van der Waals surface area contributed by atoms with E-state index in [0.29, 0.717) is 25.2 Å². The van der Waals surface area contributed by atoms with Crippen molar-refractivity contribution in [2.45, 2.75) is 12.5 Å². The smallest absolute Gasteiger partial charge is 0.317 e. The van der Waals surface area contributed by atoms with Gasteiger partial charge in [0.25, 0.3) is 0 Å². The van der Waals surface area contributed by atoms with E-state index in [4.69, 9.17) is 45.3 Å². The van der Waals surface area contributed by atoms with Crippen LogP contribution in [0.1, 0.15) is 5.56 Å². The molecule has 200 valence electrons. The van der Waals surface area contributed by atoms with E-state index in [1.54, 1.807) is 12.1 Å². The number of aliphatic carboxylic acids is 2. The summed E-state index contributed by atoms with van der Waals surface area (Å²) in [6, 6.07) is 7.20. The Morgan fingerprint density at radius 3 is 1.80 bits per heavy atom. The minimum Gasteiger partial charge on any atom is -0.480 e. The molecule has 0 radical (unpaired) electrons. The first-order valence-electron chi connectivity index (χ1n) is 10.7. The lowest BCUT2D eigenvalue weighted by Gasteiger charge is -2.34. The lowest BCUT2D eigenvalue weighted by molar-refractivity contribution is -0.339. The molecule has 0 aliphatic carbocycles. The van der Waals surface area contributed by atoms with Crippen LogP contribution in [-0.4, -0.2) is 117 Å². The molecular formula is C21H36N4O10. The molecular weight excluding hydrogens is 468 g/mol. The van der Waals surface area contributed by atoms with Crippen LogP contribution in [0.15, 0.2) is 24.3 Å². The molecule has 1 rings (SSSR count). The molecule has 1 unspecified atom stereocenters. The number of carboxylic acid groups (broad SMARTS) is 2. The molecule has 1 aromatic carbocycles. The van der Waals surface area contributed by atoms with Crippen LogP contribution in [0.25, 0.3) is 0 Å². The molecule has 0 amide bonds. The van der Waals surface area contributed by atoms with Crippen molar-refractivity contribution in [1.82, 2.24) is 14.7 Å². The minimum absolute atomic E-state index is 0.0484. The minimum atomic E-state index is -1.12. The molecule has 0 aliphatic rings. The molecule has 0 bridgehead atoms. The summed E-state index contributed by atoms with van der Waals surface area (Å²) in [6.45, 7) is 0.209. The number of hydrogen-bond donors (Lipinski definition) is 3. The lowest BCUT2D eigenvalue weighted by Crippen LogP contribution is -2.49. The fourth-order valence-electron chi connectivity index (χ4n) is 3.24. The normalized spacial score (nSPS) is 12.5. The fourth-order valence-corrected chi connectivity index (χ4v) is 3.24. The van der Waals surface area contributed by atoms with Gasteiger partial charge in [-0.2, -0.15) is 0 Å². The van der Waals surface area contributed by atoms with Gasteiger partial charge in [0.05, 0.1) is 34.4 Å². The Morgan fingerprint density at radius 2 is 1.31 bits per heavy atom. The van der Waals surface area contributed by atoms with Gasteiger partial charge in [-0.05, 0) is 24.1 Å². The molecule has 0 heterocycles. The molecule has 14 heteroatoms. The Bertz CT molecular complexity index is 701. The molecule has 4 N–H and O–H groups in total. The first kappa shape index (κ1) is 30.6. The van der Waals surface area contributed by atoms with E-state index in [2.05, 4.69) is 0 Å². The molecule has 0 spiro atoms. The topological polar surface area (TPSA) is 166 Å². The van der Waals surface area contributed by atoms with Crippen molar-refractivity contribution >= 4 is 17.6 Å².